The van der Waals surface area contributed by atoms with Crippen LogP contribution in [0, 0.1) is 0 Å². The molecule has 1 N–H and O–H groups in total. The first kappa shape index (κ1) is 14.6. The molecule has 3 heteroatoms. The van der Waals surface area contributed by atoms with Crippen LogP contribution in [0.5, 0.6) is 0 Å². The highest BCUT2D eigenvalue weighted by atomic mass is 32.1. The van der Waals surface area contributed by atoms with Gasteiger partial charge in [0, 0.05) is 30.7 Å². The van der Waals surface area contributed by atoms with E-state index in [0.29, 0.717) is 11.6 Å². The predicted molar refractivity (Wildman–Crippen MR) is 87.5 cm³/mol. The molecule has 3 rings (SSSR count). The normalized spacial score (nSPS) is 28.0. The molecule has 2 aliphatic rings. The number of hydrogen-bond donors (Lipinski definition) is 1. The number of rotatable bonds is 4. The van der Waals surface area contributed by atoms with Crippen LogP contribution >= 0.6 is 11.3 Å². The fourth-order valence-corrected chi connectivity index (χ4v) is 4.82. The van der Waals surface area contributed by atoms with Gasteiger partial charge in [0.25, 0.3) is 0 Å². The molecule has 2 unspecified atom stereocenters. The Kier molecular flexibility index (Phi) is 4.49. The van der Waals surface area contributed by atoms with Crippen LogP contribution in [-0.4, -0.2) is 35.6 Å². The summed E-state index contributed by atoms with van der Waals surface area (Å²) < 4.78 is 0. The molecule has 1 aliphatic carbocycles. The lowest BCUT2D eigenvalue weighted by Crippen LogP contribution is -2.65. The minimum Gasteiger partial charge on any atom is -0.308 e. The minimum atomic E-state index is 0.439. The number of nitrogens with zero attached hydrogens (tertiary/aromatic N) is 1. The Hall–Kier alpha value is -0.380. The Morgan fingerprint density at radius 3 is 2.90 bits per heavy atom. The second kappa shape index (κ2) is 6.17. The lowest BCUT2D eigenvalue weighted by atomic mass is 9.90. The van der Waals surface area contributed by atoms with Crippen molar-refractivity contribution in [3.8, 4) is 0 Å². The number of nitrogens with one attached hydrogen (secondary N) is 1. The summed E-state index contributed by atoms with van der Waals surface area (Å²) in [7, 11) is 0. The average Bonchev–Trinajstić information content (AvgIpc) is 3.11. The van der Waals surface area contributed by atoms with Crippen LogP contribution in [-0.2, 0) is 6.42 Å². The second-order valence-corrected chi connectivity index (χ2v) is 7.57. The van der Waals surface area contributed by atoms with Crippen molar-refractivity contribution in [2.75, 3.05) is 13.1 Å². The molecular weight excluding hydrogens is 264 g/mol. The molecule has 1 aliphatic heterocycles. The summed E-state index contributed by atoms with van der Waals surface area (Å²) in [6.45, 7) is 7.21. The quantitative estimate of drug-likeness (QED) is 0.911. The molecule has 0 aromatic carbocycles. The number of thiophene rings is 1. The maximum Gasteiger partial charge on any atom is 0.0309 e. The van der Waals surface area contributed by atoms with E-state index < -0.39 is 0 Å². The zero-order valence-electron chi connectivity index (χ0n) is 12.9. The van der Waals surface area contributed by atoms with E-state index >= 15 is 0 Å². The Labute approximate surface area is 127 Å². The van der Waals surface area contributed by atoms with Crippen LogP contribution in [0.3, 0.4) is 0 Å². The van der Waals surface area contributed by atoms with Crippen LogP contribution in [0.25, 0.3) is 0 Å². The topological polar surface area (TPSA) is 15.3 Å². The van der Waals surface area contributed by atoms with E-state index in [0.717, 1.165) is 6.04 Å². The zero-order valence-corrected chi connectivity index (χ0v) is 13.7. The van der Waals surface area contributed by atoms with Gasteiger partial charge in [-0.25, -0.2) is 0 Å². The lowest BCUT2D eigenvalue weighted by Gasteiger charge is -2.49. The van der Waals surface area contributed by atoms with E-state index in [1.54, 1.807) is 0 Å². The maximum atomic E-state index is 3.90. The minimum absolute atomic E-state index is 0.439. The van der Waals surface area contributed by atoms with Gasteiger partial charge >= 0.3 is 0 Å². The van der Waals surface area contributed by atoms with Crippen molar-refractivity contribution >= 4 is 11.3 Å². The van der Waals surface area contributed by atoms with Gasteiger partial charge < -0.3 is 5.32 Å². The highest BCUT2D eigenvalue weighted by Gasteiger charge is 2.41. The van der Waals surface area contributed by atoms with Gasteiger partial charge in [0.05, 0.1) is 0 Å². The summed E-state index contributed by atoms with van der Waals surface area (Å²) in [5, 5.41) is 8.41. The van der Waals surface area contributed by atoms with Gasteiger partial charge in [0.2, 0.25) is 0 Å². The molecule has 1 saturated carbocycles. The van der Waals surface area contributed by atoms with Crippen LogP contribution in [0.15, 0.2) is 16.8 Å². The molecule has 2 heterocycles. The summed E-state index contributed by atoms with van der Waals surface area (Å²) >= 11 is 1.82. The van der Waals surface area contributed by atoms with Gasteiger partial charge in [-0.15, -0.1) is 0 Å². The van der Waals surface area contributed by atoms with Gasteiger partial charge in [-0.3, -0.25) is 4.90 Å². The van der Waals surface area contributed by atoms with E-state index in [1.807, 2.05) is 11.3 Å². The van der Waals surface area contributed by atoms with Crippen molar-refractivity contribution in [1.29, 1.82) is 0 Å². The van der Waals surface area contributed by atoms with Crippen LogP contribution < -0.4 is 5.32 Å². The standard InChI is InChI=1S/C17H28N2S/c1-3-16-11-18-17(7-4-5-8-17)13-19(16)14(2)10-15-6-9-20-12-15/h6,9,12,14,16,18H,3-5,7-8,10-11,13H2,1-2H3. The average molecular weight is 292 g/mol. The van der Waals surface area contributed by atoms with Crippen molar-refractivity contribution in [2.24, 2.45) is 0 Å². The Morgan fingerprint density at radius 2 is 2.25 bits per heavy atom. The highest BCUT2D eigenvalue weighted by Crippen LogP contribution is 2.34. The summed E-state index contributed by atoms with van der Waals surface area (Å²) in [6, 6.07) is 3.67. The smallest absolute Gasteiger partial charge is 0.0309 e. The first-order valence-corrected chi connectivity index (χ1v) is 9.18. The largest absolute Gasteiger partial charge is 0.308 e. The molecule has 1 aromatic heterocycles. The first-order chi connectivity index (χ1) is 9.72. The van der Waals surface area contributed by atoms with E-state index in [-0.39, 0.29) is 0 Å². The molecule has 2 atom stereocenters. The van der Waals surface area contributed by atoms with E-state index in [1.165, 1.54) is 57.2 Å². The summed E-state index contributed by atoms with van der Waals surface area (Å²) in [4.78, 5) is 2.81. The number of hydrogen-bond acceptors (Lipinski definition) is 3. The summed E-state index contributed by atoms with van der Waals surface area (Å²) in [5.74, 6) is 0. The van der Waals surface area contributed by atoms with Gasteiger partial charge in [-0.05, 0) is 55.0 Å². The highest BCUT2D eigenvalue weighted by molar-refractivity contribution is 7.07. The van der Waals surface area contributed by atoms with Crippen molar-refractivity contribution in [3.05, 3.63) is 22.4 Å². The molecule has 112 valence electrons. The lowest BCUT2D eigenvalue weighted by molar-refractivity contribution is 0.0468. The molecule has 0 amide bonds. The molecule has 20 heavy (non-hydrogen) atoms. The van der Waals surface area contributed by atoms with E-state index in [2.05, 4.69) is 40.9 Å². The fraction of sp³-hybridized carbons (Fsp3) is 0.765. The summed E-state index contributed by atoms with van der Waals surface area (Å²) in [5.41, 5.74) is 1.95. The summed E-state index contributed by atoms with van der Waals surface area (Å²) in [6.07, 6.45) is 8.05. The van der Waals surface area contributed by atoms with Crippen LogP contribution in [0.4, 0.5) is 0 Å². The second-order valence-electron chi connectivity index (χ2n) is 6.79. The monoisotopic (exact) mass is 292 g/mol. The predicted octanol–water partition coefficient (Wildman–Crippen LogP) is 3.68. The first-order valence-electron chi connectivity index (χ1n) is 8.24. The number of piperazine rings is 1. The molecule has 2 fully saturated rings. The molecule has 0 bridgehead atoms. The molecular formula is C17H28N2S. The molecule has 1 saturated heterocycles. The molecule has 2 nitrogen and oxygen atoms in total. The third kappa shape index (κ3) is 2.95. The van der Waals surface area contributed by atoms with E-state index in [4.69, 9.17) is 0 Å². The Balaban J connectivity index is 1.69. The fourth-order valence-electron chi connectivity index (χ4n) is 4.13. The van der Waals surface area contributed by atoms with Gasteiger partial charge in [0.15, 0.2) is 0 Å². The van der Waals surface area contributed by atoms with Crippen molar-refractivity contribution in [2.45, 2.75) is 70.0 Å². The van der Waals surface area contributed by atoms with Crippen LogP contribution in [0.2, 0.25) is 0 Å². The zero-order chi connectivity index (χ0) is 14.0. The maximum absolute atomic E-state index is 3.90. The molecule has 1 spiro atoms. The van der Waals surface area contributed by atoms with Crippen LogP contribution in [0.1, 0.15) is 51.5 Å². The van der Waals surface area contributed by atoms with Crippen molar-refractivity contribution < 1.29 is 0 Å². The third-order valence-corrected chi connectivity index (χ3v) is 6.11. The van der Waals surface area contributed by atoms with E-state index in [9.17, 15) is 0 Å². The van der Waals surface area contributed by atoms with Gasteiger partial charge in [-0.1, -0.05) is 19.8 Å². The Bertz CT molecular complexity index is 409. The molecule has 1 aromatic rings. The SMILES string of the molecule is CCC1CNC2(CCCC2)CN1C(C)Cc1ccsc1. The van der Waals surface area contributed by atoms with Crippen molar-refractivity contribution in [3.63, 3.8) is 0 Å². The molecule has 0 radical (unpaired) electrons. The van der Waals surface area contributed by atoms with Gasteiger partial charge in [0.1, 0.15) is 0 Å². The third-order valence-electron chi connectivity index (χ3n) is 5.38. The van der Waals surface area contributed by atoms with Crippen molar-refractivity contribution in [1.82, 2.24) is 10.2 Å². The Morgan fingerprint density at radius 1 is 1.45 bits per heavy atom. The van der Waals surface area contributed by atoms with Gasteiger partial charge in [-0.2, -0.15) is 11.3 Å².